The Morgan fingerprint density at radius 2 is 1.71 bits per heavy atom. The van der Waals surface area contributed by atoms with Crippen molar-refractivity contribution in [3.8, 4) is 17.2 Å². The molecule has 3 aromatic carbocycles. The van der Waals surface area contributed by atoms with E-state index >= 15 is 0 Å². The molecular formula is C25H23BrClN3O5. The van der Waals surface area contributed by atoms with Gasteiger partial charge >= 0.3 is 11.8 Å². The van der Waals surface area contributed by atoms with Crippen molar-refractivity contribution in [1.82, 2.24) is 5.43 Å². The predicted octanol–water partition coefficient (Wildman–Crippen LogP) is 5.10. The summed E-state index contributed by atoms with van der Waals surface area (Å²) >= 11 is 9.42. The van der Waals surface area contributed by atoms with Crippen LogP contribution in [0.2, 0.25) is 5.02 Å². The molecular weight excluding hydrogens is 538 g/mol. The topological polar surface area (TPSA) is 98.2 Å². The number of amides is 2. The van der Waals surface area contributed by atoms with Crippen LogP contribution in [0.1, 0.15) is 16.7 Å². The van der Waals surface area contributed by atoms with E-state index in [2.05, 4.69) is 31.8 Å². The summed E-state index contributed by atoms with van der Waals surface area (Å²) in [7, 11) is 2.96. The molecule has 3 rings (SSSR count). The minimum atomic E-state index is -0.965. The maximum atomic E-state index is 12.2. The van der Waals surface area contributed by atoms with Crippen LogP contribution in [-0.2, 0) is 16.2 Å². The fraction of sp³-hybridized carbons (Fsp3) is 0.160. The Balaban J connectivity index is 1.63. The molecule has 0 bridgehead atoms. The average Bonchev–Trinajstić information content (AvgIpc) is 2.84. The second-order valence-electron chi connectivity index (χ2n) is 7.31. The van der Waals surface area contributed by atoms with Crippen LogP contribution in [0.3, 0.4) is 0 Å². The number of nitrogens with zero attached hydrogens (tertiary/aromatic N) is 1. The minimum Gasteiger partial charge on any atom is -0.495 e. The highest BCUT2D eigenvalue weighted by Crippen LogP contribution is 2.37. The molecule has 2 amide bonds. The molecule has 182 valence electrons. The SMILES string of the molecule is COc1ccc(Cl)cc1NC(=O)C(=O)N/N=C/c1cc(Br)c(OCc2ccc(C)cc2)c(OC)c1. The van der Waals surface area contributed by atoms with Crippen molar-refractivity contribution < 1.29 is 23.8 Å². The number of hydrogen-bond donors (Lipinski definition) is 2. The number of carbonyl (C=O) groups excluding carboxylic acids is 2. The lowest BCUT2D eigenvalue weighted by molar-refractivity contribution is -0.136. The van der Waals surface area contributed by atoms with Crippen molar-refractivity contribution in [1.29, 1.82) is 0 Å². The summed E-state index contributed by atoms with van der Waals surface area (Å²) in [5.74, 6) is -0.524. The Morgan fingerprint density at radius 1 is 1.00 bits per heavy atom. The monoisotopic (exact) mass is 559 g/mol. The van der Waals surface area contributed by atoms with Crippen molar-refractivity contribution in [2.45, 2.75) is 13.5 Å². The Bertz CT molecular complexity index is 1250. The van der Waals surface area contributed by atoms with Crippen LogP contribution in [-0.4, -0.2) is 32.2 Å². The molecule has 0 aliphatic heterocycles. The molecule has 3 aromatic rings. The number of hydrogen-bond acceptors (Lipinski definition) is 6. The quantitative estimate of drug-likeness (QED) is 0.227. The van der Waals surface area contributed by atoms with Crippen molar-refractivity contribution in [2.75, 3.05) is 19.5 Å². The van der Waals surface area contributed by atoms with Crippen LogP contribution < -0.4 is 25.0 Å². The number of anilines is 1. The molecule has 0 spiro atoms. The van der Waals surface area contributed by atoms with E-state index in [0.717, 1.165) is 5.56 Å². The summed E-state index contributed by atoms with van der Waals surface area (Å²) in [6.45, 7) is 2.39. The van der Waals surface area contributed by atoms with Gasteiger partial charge in [-0.05, 0) is 64.3 Å². The molecule has 0 saturated carbocycles. The molecule has 8 nitrogen and oxygen atoms in total. The van der Waals surface area contributed by atoms with E-state index in [9.17, 15) is 9.59 Å². The number of rotatable bonds is 8. The second kappa shape index (κ2) is 12.2. The summed E-state index contributed by atoms with van der Waals surface area (Å²) in [6, 6.07) is 16.1. The summed E-state index contributed by atoms with van der Waals surface area (Å²) in [6.07, 6.45) is 1.38. The van der Waals surface area contributed by atoms with Crippen molar-refractivity contribution in [2.24, 2.45) is 5.10 Å². The maximum Gasteiger partial charge on any atom is 0.329 e. The number of halogens is 2. The second-order valence-corrected chi connectivity index (χ2v) is 8.60. The third kappa shape index (κ3) is 7.21. The molecule has 0 aliphatic rings. The van der Waals surface area contributed by atoms with Gasteiger partial charge in [0.15, 0.2) is 11.5 Å². The lowest BCUT2D eigenvalue weighted by Crippen LogP contribution is -2.32. The maximum absolute atomic E-state index is 12.2. The van der Waals surface area contributed by atoms with Gasteiger partial charge in [0.05, 0.1) is 30.6 Å². The third-order valence-electron chi connectivity index (χ3n) is 4.75. The number of benzene rings is 3. The average molecular weight is 561 g/mol. The summed E-state index contributed by atoms with van der Waals surface area (Å²) in [4.78, 5) is 24.3. The van der Waals surface area contributed by atoms with Gasteiger partial charge in [0.25, 0.3) is 0 Å². The zero-order valence-corrected chi connectivity index (χ0v) is 21.6. The molecule has 2 N–H and O–H groups in total. The van der Waals surface area contributed by atoms with E-state index in [4.69, 9.17) is 25.8 Å². The first-order valence-electron chi connectivity index (χ1n) is 10.3. The molecule has 35 heavy (non-hydrogen) atoms. The van der Waals surface area contributed by atoms with Gasteiger partial charge in [-0.15, -0.1) is 0 Å². The number of hydrazone groups is 1. The Hall–Kier alpha value is -3.56. The molecule has 0 radical (unpaired) electrons. The van der Waals surface area contributed by atoms with Gasteiger partial charge in [-0.1, -0.05) is 41.4 Å². The smallest absolute Gasteiger partial charge is 0.329 e. The fourth-order valence-corrected chi connectivity index (χ4v) is 3.71. The van der Waals surface area contributed by atoms with Gasteiger partial charge in [0, 0.05) is 5.02 Å². The largest absolute Gasteiger partial charge is 0.495 e. The fourth-order valence-electron chi connectivity index (χ4n) is 2.97. The number of carbonyl (C=O) groups is 2. The minimum absolute atomic E-state index is 0.263. The molecule has 0 saturated heterocycles. The van der Waals surface area contributed by atoms with Crippen LogP contribution in [0, 0.1) is 6.92 Å². The van der Waals surface area contributed by atoms with Crippen LogP contribution in [0.4, 0.5) is 5.69 Å². The molecule has 0 aliphatic carbocycles. The van der Waals surface area contributed by atoms with Crippen LogP contribution in [0.5, 0.6) is 17.2 Å². The van der Waals surface area contributed by atoms with E-state index in [1.807, 2.05) is 31.2 Å². The van der Waals surface area contributed by atoms with Crippen molar-refractivity contribution >= 4 is 51.2 Å². The third-order valence-corrected chi connectivity index (χ3v) is 5.58. The zero-order valence-electron chi connectivity index (χ0n) is 19.2. The highest BCUT2D eigenvalue weighted by molar-refractivity contribution is 9.10. The van der Waals surface area contributed by atoms with E-state index in [-0.39, 0.29) is 5.69 Å². The first kappa shape index (κ1) is 26.1. The molecule has 10 heteroatoms. The first-order chi connectivity index (χ1) is 16.8. The highest BCUT2D eigenvalue weighted by Gasteiger charge is 2.16. The number of nitrogens with one attached hydrogen (secondary N) is 2. The molecule has 0 aromatic heterocycles. The van der Waals surface area contributed by atoms with E-state index < -0.39 is 11.8 Å². The van der Waals surface area contributed by atoms with Crippen LogP contribution in [0.15, 0.2) is 64.2 Å². The van der Waals surface area contributed by atoms with Crippen molar-refractivity contribution in [3.63, 3.8) is 0 Å². The summed E-state index contributed by atoms with van der Waals surface area (Å²) in [5.41, 5.74) is 5.24. The van der Waals surface area contributed by atoms with Gasteiger partial charge in [-0.2, -0.15) is 5.10 Å². The van der Waals surface area contributed by atoms with Gasteiger partial charge in [-0.25, -0.2) is 5.43 Å². The van der Waals surface area contributed by atoms with Gasteiger partial charge < -0.3 is 19.5 Å². The van der Waals surface area contributed by atoms with E-state index in [1.165, 1.54) is 32.1 Å². The highest BCUT2D eigenvalue weighted by atomic mass is 79.9. The molecule has 0 heterocycles. The van der Waals surface area contributed by atoms with Crippen LogP contribution >= 0.6 is 27.5 Å². The van der Waals surface area contributed by atoms with E-state index in [0.29, 0.717) is 38.9 Å². The zero-order chi connectivity index (χ0) is 25.4. The standard InChI is InChI=1S/C25H23BrClN3O5/c1-15-4-6-16(7-5-15)14-35-23-19(26)10-17(11-22(23)34-3)13-28-30-25(32)24(31)29-20-12-18(27)8-9-21(20)33-2/h4-13H,14H2,1-3H3,(H,29,31)(H,30,32)/b28-13+. The molecule has 0 unspecified atom stereocenters. The van der Waals surface area contributed by atoms with E-state index in [1.54, 1.807) is 24.3 Å². The van der Waals surface area contributed by atoms with Gasteiger partial charge in [0.2, 0.25) is 0 Å². The Morgan fingerprint density at radius 3 is 2.40 bits per heavy atom. The van der Waals surface area contributed by atoms with Crippen molar-refractivity contribution in [3.05, 3.63) is 80.8 Å². The first-order valence-corrected chi connectivity index (χ1v) is 11.5. The number of ether oxygens (including phenoxy) is 3. The summed E-state index contributed by atoms with van der Waals surface area (Å²) in [5, 5.41) is 6.67. The van der Waals surface area contributed by atoms with Crippen LogP contribution in [0.25, 0.3) is 0 Å². The Kier molecular flexibility index (Phi) is 9.11. The number of methoxy groups -OCH3 is 2. The van der Waals surface area contributed by atoms with Gasteiger partial charge in [-0.3, -0.25) is 9.59 Å². The number of aryl methyl sites for hydroxylation is 1. The normalized spacial score (nSPS) is 10.7. The molecule has 0 fully saturated rings. The Labute approximate surface area is 216 Å². The van der Waals surface area contributed by atoms with Gasteiger partial charge in [0.1, 0.15) is 12.4 Å². The lowest BCUT2D eigenvalue weighted by atomic mass is 10.2. The predicted molar refractivity (Wildman–Crippen MR) is 139 cm³/mol. The summed E-state index contributed by atoms with van der Waals surface area (Å²) < 4.78 is 17.2. The molecule has 0 atom stereocenters. The lowest BCUT2D eigenvalue weighted by Gasteiger charge is -2.13.